The Morgan fingerprint density at radius 1 is 1.18 bits per heavy atom. The van der Waals surface area contributed by atoms with Gasteiger partial charge >= 0.3 is 0 Å². The van der Waals surface area contributed by atoms with E-state index in [9.17, 15) is 4.79 Å². The Kier molecular flexibility index (Phi) is 5.87. The third-order valence-corrected chi connectivity index (χ3v) is 5.08. The van der Waals surface area contributed by atoms with Gasteiger partial charge < -0.3 is 9.73 Å². The summed E-state index contributed by atoms with van der Waals surface area (Å²) in [5, 5.41) is 11.0. The van der Waals surface area contributed by atoms with Crippen molar-refractivity contribution in [2.75, 3.05) is 0 Å². The summed E-state index contributed by atoms with van der Waals surface area (Å²) in [6.45, 7) is 8.09. The molecule has 0 spiro atoms. The van der Waals surface area contributed by atoms with Crippen molar-refractivity contribution in [3.05, 3.63) is 63.6 Å². The van der Waals surface area contributed by atoms with Gasteiger partial charge in [0.2, 0.25) is 0 Å². The SMILES string of the molecule is CC(Cc1ccc(-c2ccc(Cl)c(Cl)c2)o1)NC(=O)c1cc(C(C)(C)C)n[nH]1. The number of carbonyl (C=O) groups is 1. The van der Waals surface area contributed by atoms with Gasteiger partial charge in [-0.05, 0) is 43.3 Å². The monoisotopic (exact) mass is 419 g/mol. The first-order valence-corrected chi connectivity index (χ1v) is 9.80. The van der Waals surface area contributed by atoms with Crippen molar-refractivity contribution in [1.29, 1.82) is 0 Å². The summed E-state index contributed by atoms with van der Waals surface area (Å²) >= 11 is 12.0. The molecular weight excluding hydrogens is 397 g/mol. The predicted molar refractivity (Wildman–Crippen MR) is 112 cm³/mol. The molecule has 1 aromatic carbocycles. The van der Waals surface area contributed by atoms with Crippen molar-refractivity contribution < 1.29 is 9.21 Å². The molecule has 0 aliphatic carbocycles. The summed E-state index contributed by atoms with van der Waals surface area (Å²) in [7, 11) is 0. The first kappa shape index (κ1) is 20.5. The summed E-state index contributed by atoms with van der Waals surface area (Å²) in [6, 6.07) is 10.8. The largest absolute Gasteiger partial charge is 0.461 e. The van der Waals surface area contributed by atoms with E-state index < -0.39 is 0 Å². The molecule has 0 bridgehead atoms. The van der Waals surface area contributed by atoms with Crippen LogP contribution in [-0.2, 0) is 11.8 Å². The molecule has 2 N–H and O–H groups in total. The van der Waals surface area contributed by atoms with Gasteiger partial charge in [-0.25, -0.2) is 0 Å². The predicted octanol–water partition coefficient (Wildman–Crippen LogP) is 5.64. The second-order valence-corrected chi connectivity index (χ2v) is 8.70. The minimum absolute atomic E-state index is 0.110. The smallest absolute Gasteiger partial charge is 0.269 e. The van der Waals surface area contributed by atoms with Crippen LogP contribution in [0, 0.1) is 0 Å². The van der Waals surface area contributed by atoms with Crippen molar-refractivity contribution in [2.24, 2.45) is 0 Å². The fraction of sp³-hybridized carbons (Fsp3) is 0.333. The van der Waals surface area contributed by atoms with Crippen molar-refractivity contribution in [3.63, 3.8) is 0 Å². The lowest BCUT2D eigenvalue weighted by Crippen LogP contribution is -2.34. The van der Waals surface area contributed by atoms with Gasteiger partial charge in [0.25, 0.3) is 5.91 Å². The number of aromatic nitrogens is 2. The van der Waals surface area contributed by atoms with Gasteiger partial charge in [-0.15, -0.1) is 0 Å². The molecule has 0 aliphatic heterocycles. The maximum absolute atomic E-state index is 12.4. The molecule has 2 aromatic heterocycles. The molecule has 148 valence electrons. The van der Waals surface area contributed by atoms with Gasteiger partial charge in [0, 0.05) is 23.4 Å². The fourth-order valence-electron chi connectivity index (χ4n) is 2.77. The highest BCUT2D eigenvalue weighted by atomic mass is 35.5. The third-order valence-electron chi connectivity index (χ3n) is 4.34. The van der Waals surface area contributed by atoms with Crippen LogP contribution in [0.3, 0.4) is 0 Å². The highest BCUT2D eigenvalue weighted by molar-refractivity contribution is 6.42. The van der Waals surface area contributed by atoms with E-state index in [1.165, 1.54) is 0 Å². The second-order valence-electron chi connectivity index (χ2n) is 7.89. The number of rotatable bonds is 5. The standard InChI is InChI=1S/C21H23Cl2N3O2/c1-12(24-20(27)17-11-19(26-25-17)21(2,3)4)9-14-6-8-18(28-14)13-5-7-15(22)16(23)10-13/h5-8,10-12H,9H2,1-4H3,(H,24,27)(H,25,26). The van der Waals surface area contributed by atoms with Crippen LogP contribution < -0.4 is 5.32 Å². The number of hydrogen-bond donors (Lipinski definition) is 2. The zero-order valence-corrected chi connectivity index (χ0v) is 17.8. The van der Waals surface area contributed by atoms with Gasteiger partial charge in [0.15, 0.2) is 0 Å². The average Bonchev–Trinajstić information content (AvgIpc) is 3.26. The molecule has 0 fully saturated rings. The first-order valence-electron chi connectivity index (χ1n) is 9.04. The van der Waals surface area contributed by atoms with Gasteiger partial charge in [0.1, 0.15) is 17.2 Å². The summed E-state index contributed by atoms with van der Waals surface area (Å²) in [5.41, 5.74) is 2.04. The number of nitrogens with zero attached hydrogens (tertiary/aromatic N) is 1. The lowest BCUT2D eigenvalue weighted by Gasteiger charge is -2.13. The molecule has 7 heteroatoms. The zero-order valence-electron chi connectivity index (χ0n) is 16.3. The topological polar surface area (TPSA) is 70.9 Å². The Balaban J connectivity index is 1.63. The molecule has 0 saturated carbocycles. The Morgan fingerprint density at radius 3 is 2.57 bits per heavy atom. The van der Waals surface area contributed by atoms with E-state index in [1.54, 1.807) is 18.2 Å². The van der Waals surface area contributed by atoms with Gasteiger partial charge in [-0.1, -0.05) is 44.0 Å². The number of nitrogens with one attached hydrogen (secondary N) is 2. The summed E-state index contributed by atoms with van der Waals surface area (Å²) in [5.74, 6) is 1.29. The lowest BCUT2D eigenvalue weighted by molar-refractivity contribution is 0.0934. The number of hydrogen-bond acceptors (Lipinski definition) is 3. The van der Waals surface area contributed by atoms with Crippen LogP contribution in [0.1, 0.15) is 49.6 Å². The number of H-pyrrole nitrogens is 1. The van der Waals surface area contributed by atoms with Gasteiger partial charge in [-0.2, -0.15) is 5.10 Å². The molecule has 0 radical (unpaired) electrons. The van der Waals surface area contributed by atoms with Crippen molar-refractivity contribution in [2.45, 2.75) is 45.6 Å². The molecule has 1 amide bonds. The van der Waals surface area contributed by atoms with E-state index in [0.717, 1.165) is 17.0 Å². The number of halogens is 2. The molecule has 28 heavy (non-hydrogen) atoms. The van der Waals surface area contributed by atoms with Crippen LogP contribution in [0.2, 0.25) is 10.0 Å². The van der Waals surface area contributed by atoms with Gasteiger partial charge in [-0.3, -0.25) is 9.89 Å². The first-order chi connectivity index (χ1) is 13.1. The van der Waals surface area contributed by atoms with E-state index in [1.807, 2.05) is 25.1 Å². The number of furan rings is 1. The molecule has 1 unspecified atom stereocenters. The van der Waals surface area contributed by atoms with Crippen LogP contribution in [-0.4, -0.2) is 22.1 Å². The molecule has 5 nitrogen and oxygen atoms in total. The quantitative estimate of drug-likeness (QED) is 0.562. The number of aromatic amines is 1. The van der Waals surface area contributed by atoms with E-state index in [4.69, 9.17) is 27.6 Å². The van der Waals surface area contributed by atoms with Crippen molar-refractivity contribution in [3.8, 4) is 11.3 Å². The van der Waals surface area contributed by atoms with E-state index in [2.05, 4.69) is 36.3 Å². The Morgan fingerprint density at radius 2 is 1.93 bits per heavy atom. The highest BCUT2D eigenvalue weighted by Gasteiger charge is 2.20. The summed E-state index contributed by atoms with van der Waals surface area (Å²) in [6.07, 6.45) is 0.563. The Labute approximate surface area is 174 Å². The molecule has 1 atom stereocenters. The molecule has 3 aromatic rings. The highest BCUT2D eigenvalue weighted by Crippen LogP contribution is 2.29. The number of carbonyl (C=O) groups excluding carboxylic acids is 1. The van der Waals surface area contributed by atoms with Crippen LogP contribution in [0.4, 0.5) is 0 Å². The average molecular weight is 420 g/mol. The minimum Gasteiger partial charge on any atom is -0.461 e. The number of benzene rings is 1. The fourth-order valence-corrected chi connectivity index (χ4v) is 3.07. The Hall–Kier alpha value is -2.24. The van der Waals surface area contributed by atoms with Crippen LogP contribution in [0.25, 0.3) is 11.3 Å². The van der Waals surface area contributed by atoms with Crippen LogP contribution >= 0.6 is 23.2 Å². The maximum atomic E-state index is 12.4. The molecule has 0 saturated heterocycles. The van der Waals surface area contributed by atoms with Crippen LogP contribution in [0.15, 0.2) is 40.8 Å². The summed E-state index contributed by atoms with van der Waals surface area (Å²) < 4.78 is 5.90. The third kappa shape index (κ3) is 4.78. The molecule has 2 heterocycles. The lowest BCUT2D eigenvalue weighted by atomic mass is 9.92. The molecule has 3 rings (SSSR count). The second kappa shape index (κ2) is 8.02. The normalized spacial score (nSPS) is 12.8. The van der Waals surface area contributed by atoms with Crippen LogP contribution in [0.5, 0.6) is 0 Å². The van der Waals surface area contributed by atoms with Crippen molar-refractivity contribution >= 4 is 29.1 Å². The van der Waals surface area contributed by atoms with E-state index in [-0.39, 0.29) is 17.4 Å². The molecule has 0 aliphatic rings. The van der Waals surface area contributed by atoms with Gasteiger partial charge in [0.05, 0.1) is 15.7 Å². The maximum Gasteiger partial charge on any atom is 0.269 e. The van der Waals surface area contributed by atoms with E-state index in [0.29, 0.717) is 27.9 Å². The van der Waals surface area contributed by atoms with Crippen molar-refractivity contribution in [1.82, 2.24) is 15.5 Å². The van der Waals surface area contributed by atoms with E-state index >= 15 is 0 Å². The zero-order chi connectivity index (χ0) is 20.5. The molecular formula is C21H23Cl2N3O2. The summed E-state index contributed by atoms with van der Waals surface area (Å²) in [4.78, 5) is 12.4. The Bertz CT molecular complexity index is 986. The number of amides is 1. The minimum atomic E-state index is -0.188.